The third-order valence-corrected chi connectivity index (χ3v) is 3.24. The van der Waals surface area contributed by atoms with Crippen molar-refractivity contribution in [2.24, 2.45) is 0 Å². The second-order valence-electron chi connectivity index (χ2n) is 4.93. The molecule has 0 saturated heterocycles. The summed E-state index contributed by atoms with van der Waals surface area (Å²) in [6.45, 7) is 4.71. The Balaban J connectivity index is 2.68. The van der Waals surface area contributed by atoms with Crippen LogP contribution >= 0.6 is 0 Å². The molecule has 4 N–H and O–H groups in total. The van der Waals surface area contributed by atoms with Crippen LogP contribution in [-0.2, 0) is 9.59 Å². The van der Waals surface area contributed by atoms with E-state index in [9.17, 15) is 9.59 Å². The topological polar surface area (TPSA) is 87.5 Å². The average molecular weight is 292 g/mol. The van der Waals surface area contributed by atoms with Crippen molar-refractivity contribution in [3.8, 4) is 0 Å². The maximum Gasteiger partial charge on any atom is 0.241 e. The molecular formula is C15H24N4O2. The summed E-state index contributed by atoms with van der Waals surface area (Å²) >= 11 is 0. The van der Waals surface area contributed by atoms with E-state index in [4.69, 9.17) is 5.73 Å². The second kappa shape index (κ2) is 8.26. The first-order chi connectivity index (χ1) is 9.97. The summed E-state index contributed by atoms with van der Waals surface area (Å²) in [5, 5.41) is 5.41. The summed E-state index contributed by atoms with van der Waals surface area (Å²) in [5.74, 6) is -0.243. The molecule has 0 aliphatic rings. The molecule has 116 valence electrons. The van der Waals surface area contributed by atoms with Crippen molar-refractivity contribution in [2.45, 2.75) is 26.3 Å². The van der Waals surface area contributed by atoms with Crippen LogP contribution < -0.4 is 16.4 Å². The Morgan fingerprint density at radius 2 is 1.90 bits per heavy atom. The molecule has 1 atom stereocenters. The van der Waals surface area contributed by atoms with Gasteiger partial charge < -0.3 is 16.4 Å². The smallest absolute Gasteiger partial charge is 0.241 e. The van der Waals surface area contributed by atoms with Gasteiger partial charge in [-0.25, -0.2) is 0 Å². The molecule has 0 aromatic heterocycles. The van der Waals surface area contributed by atoms with Crippen molar-refractivity contribution in [3.63, 3.8) is 0 Å². The minimum Gasteiger partial charge on any atom is -0.399 e. The first-order valence-electron chi connectivity index (χ1n) is 7.09. The number of carbonyl (C=O) groups excluding carboxylic acids is 2. The van der Waals surface area contributed by atoms with E-state index in [2.05, 4.69) is 10.6 Å². The zero-order valence-corrected chi connectivity index (χ0v) is 12.8. The lowest BCUT2D eigenvalue weighted by atomic mass is 10.2. The summed E-state index contributed by atoms with van der Waals surface area (Å²) in [6, 6.07) is 6.58. The molecule has 0 aliphatic carbocycles. The number of nitrogens with one attached hydrogen (secondary N) is 2. The SMILES string of the molecule is CCCN(CC(=O)NC)C(C)C(=O)Nc1ccc(N)cc1. The Morgan fingerprint density at radius 3 is 2.43 bits per heavy atom. The lowest BCUT2D eigenvalue weighted by molar-refractivity contribution is -0.125. The van der Waals surface area contributed by atoms with Crippen LogP contribution in [0.4, 0.5) is 11.4 Å². The van der Waals surface area contributed by atoms with Gasteiger partial charge in [0.25, 0.3) is 0 Å². The molecule has 6 heteroatoms. The molecule has 0 saturated carbocycles. The molecule has 1 aromatic rings. The van der Waals surface area contributed by atoms with Gasteiger partial charge >= 0.3 is 0 Å². The highest BCUT2D eigenvalue weighted by Crippen LogP contribution is 2.12. The number of nitrogens with zero attached hydrogens (tertiary/aromatic N) is 1. The van der Waals surface area contributed by atoms with E-state index < -0.39 is 0 Å². The molecule has 21 heavy (non-hydrogen) atoms. The molecule has 6 nitrogen and oxygen atoms in total. The van der Waals surface area contributed by atoms with Crippen molar-refractivity contribution in [3.05, 3.63) is 24.3 Å². The van der Waals surface area contributed by atoms with Crippen molar-refractivity contribution in [1.29, 1.82) is 0 Å². The van der Waals surface area contributed by atoms with Crippen LogP contribution in [0.15, 0.2) is 24.3 Å². The van der Waals surface area contributed by atoms with Crippen LogP contribution in [0, 0.1) is 0 Å². The fourth-order valence-electron chi connectivity index (χ4n) is 1.94. The molecule has 1 unspecified atom stereocenters. The van der Waals surface area contributed by atoms with Crippen LogP contribution in [0.2, 0.25) is 0 Å². The minimum atomic E-state index is -0.389. The van der Waals surface area contributed by atoms with Crippen LogP contribution in [0.25, 0.3) is 0 Å². The van der Waals surface area contributed by atoms with E-state index in [1.807, 2.05) is 11.8 Å². The third-order valence-electron chi connectivity index (χ3n) is 3.24. The highest BCUT2D eigenvalue weighted by molar-refractivity contribution is 5.95. The molecule has 0 aliphatic heterocycles. The highest BCUT2D eigenvalue weighted by Gasteiger charge is 2.22. The van der Waals surface area contributed by atoms with E-state index in [0.29, 0.717) is 17.9 Å². The Morgan fingerprint density at radius 1 is 1.29 bits per heavy atom. The lowest BCUT2D eigenvalue weighted by Crippen LogP contribution is -2.46. The largest absolute Gasteiger partial charge is 0.399 e. The van der Waals surface area contributed by atoms with E-state index in [1.54, 1.807) is 38.2 Å². The van der Waals surface area contributed by atoms with Gasteiger partial charge in [-0.2, -0.15) is 0 Å². The van der Waals surface area contributed by atoms with Gasteiger partial charge in [-0.15, -0.1) is 0 Å². The average Bonchev–Trinajstić information content (AvgIpc) is 2.48. The molecule has 2 amide bonds. The van der Waals surface area contributed by atoms with Gasteiger partial charge in [0.05, 0.1) is 12.6 Å². The van der Waals surface area contributed by atoms with Gasteiger partial charge in [0.1, 0.15) is 0 Å². The normalized spacial score (nSPS) is 12.0. The first kappa shape index (κ1) is 17.0. The van der Waals surface area contributed by atoms with Crippen LogP contribution in [0.1, 0.15) is 20.3 Å². The monoisotopic (exact) mass is 292 g/mol. The Kier molecular flexibility index (Phi) is 6.68. The maximum absolute atomic E-state index is 12.3. The first-order valence-corrected chi connectivity index (χ1v) is 7.09. The number of anilines is 2. The van der Waals surface area contributed by atoms with Crippen molar-refractivity contribution >= 4 is 23.2 Å². The summed E-state index contributed by atoms with van der Waals surface area (Å²) in [7, 11) is 1.59. The van der Waals surface area contributed by atoms with E-state index >= 15 is 0 Å². The third kappa shape index (κ3) is 5.43. The molecular weight excluding hydrogens is 268 g/mol. The van der Waals surface area contributed by atoms with Crippen LogP contribution in [0.3, 0.4) is 0 Å². The van der Waals surface area contributed by atoms with Crippen molar-refractivity contribution in [1.82, 2.24) is 10.2 Å². The van der Waals surface area contributed by atoms with E-state index in [1.165, 1.54) is 0 Å². The number of amides is 2. The molecule has 0 heterocycles. The van der Waals surface area contributed by atoms with Gasteiger partial charge in [0.2, 0.25) is 11.8 Å². The number of nitrogens with two attached hydrogens (primary N) is 1. The number of nitrogen functional groups attached to an aromatic ring is 1. The van der Waals surface area contributed by atoms with Crippen molar-refractivity contribution < 1.29 is 9.59 Å². The number of hydrogen-bond acceptors (Lipinski definition) is 4. The standard InChI is InChI=1S/C15H24N4O2/c1-4-9-19(10-14(20)17-3)11(2)15(21)18-13-7-5-12(16)6-8-13/h5-8,11H,4,9-10,16H2,1-3H3,(H,17,20)(H,18,21). The number of hydrogen-bond donors (Lipinski definition) is 3. The fraction of sp³-hybridized carbons (Fsp3) is 0.467. The number of rotatable bonds is 7. The number of benzene rings is 1. The molecule has 1 rings (SSSR count). The summed E-state index contributed by atoms with van der Waals surface area (Å²) in [6.07, 6.45) is 0.872. The fourth-order valence-corrected chi connectivity index (χ4v) is 1.94. The summed E-state index contributed by atoms with van der Waals surface area (Å²) < 4.78 is 0. The Hall–Kier alpha value is -2.08. The van der Waals surface area contributed by atoms with Gasteiger partial charge in [-0.1, -0.05) is 6.92 Å². The second-order valence-corrected chi connectivity index (χ2v) is 4.93. The zero-order chi connectivity index (χ0) is 15.8. The van der Waals surface area contributed by atoms with Crippen LogP contribution in [0.5, 0.6) is 0 Å². The van der Waals surface area contributed by atoms with Crippen LogP contribution in [-0.4, -0.2) is 42.9 Å². The lowest BCUT2D eigenvalue weighted by Gasteiger charge is -2.27. The number of carbonyl (C=O) groups is 2. The molecule has 0 radical (unpaired) electrons. The van der Waals surface area contributed by atoms with E-state index in [-0.39, 0.29) is 24.4 Å². The highest BCUT2D eigenvalue weighted by atomic mass is 16.2. The predicted molar refractivity (Wildman–Crippen MR) is 84.9 cm³/mol. The summed E-state index contributed by atoms with van der Waals surface area (Å²) in [4.78, 5) is 25.6. The van der Waals surface area contributed by atoms with Gasteiger partial charge in [0.15, 0.2) is 0 Å². The maximum atomic E-state index is 12.3. The molecule has 1 aromatic carbocycles. The number of likely N-dealkylation sites (N-methyl/N-ethyl adjacent to an activating group) is 1. The van der Waals surface area contributed by atoms with Crippen molar-refractivity contribution in [2.75, 3.05) is 31.2 Å². The summed E-state index contributed by atoms with van der Waals surface area (Å²) in [5.41, 5.74) is 6.95. The zero-order valence-electron chi connectivity index (χ0n) is 12.8. The molecule has 0 spiro atoms. The van der Waals surface area contributed by atoms with Gasteiger partial charge in [-0.05, 0) is 44.2 Å². The van der Waals surface area contributed by atoms with E-state index in [0.717, 1.165) is 6.42 Å². The quantitative estimate of drug-likeness (QED) is 0.656. The molecule has 0 bridgehead atoms. The van der Waals surface area contributed by atoms with Gasteiger partial charge in [-0.3, -0.25) is 14.5 Å². The Bertz CT molecular complexity index is 473. The van der Waals surface area contributed by atoms with Gasteiger partial charge in [0, 0.05) is 18.4 Å². The Labute approximate surface area is 125 Å². The minimum absolute atomic E-state index is 0.101. The predicted octanol–water partition coefficient (Wildman–Crippen LogP) is 1.05. The molecule has 0 fully saturated rings.